The molecule has 2 atom stereocenters. The van der Waals surface area contributed by atoms with Crippen LogP contribution in [0.1, 0.15) is 23.5 Å². The highest BCUT2D eigenvalue weighted by molar-refractivity contribution is 5.64. The van der Waals surface area contributed by atoms with Crippen molar-refractivity contribution in [3.05, 3.63) is 53.6 Å². The average Bonchev–Trinajstić information content (AvgIpc) is 3.22. The van der Waals surface area contributed by atoms with Crippen molar-refractivity contribution in [3.63, 3.8) is 0 Å². The van der Waals surface area contributed by atoms with Crippen molar-refractivity contribution in [2.24, 2.45) is 5.92 Å². The van der Waals surface area contributed by atoms with Crippen LogP contribution in [0.4, 0.5) is 0 Å². The summed E-state index contributed by atoms with van der Waals surface area (Å²) in [6.45, 7) is 4.24. The van der Waals surface area contributed by atoms with Gasteiger partial charge in [0.2, 0.25) is 0 Å². The minimum Gasteiger partial charge on any atom is -0.489 e. The average molecular weight is 282 g/mol. The zero-order valence-electron chi connectivity index (χ0n) is 12.2. The first-order chi connectivity index (χ1) is 10.2. The van der Waals surface area contributed by atoms with Crippen LogP contribution in [0.3, 0.4) is 0 Å². The fourth-order valence-corrected chi connectivity index (χ4v) is 2.78. The minimum atomic E-state index is -0.194. The maximum Gasteiger partial charge on any atom is 0.158 e. The van der Waals surface area contributed by atoms with Gasteiger partial charge in [-0.3, -0.25) is 0 Å². The Labute approximate surface area is 124 Å². The van der Waals surface area contributed by atoms with E-state index in [9.17, 15) is 4.79 Å². The van der Waals surface area contributed by atoms with E-state index >= 15 is 0 Å². The van der Waals surface area contributed by atoms with Gasteiger partial charge >= 0.3 is 0 Å². The van der Waals surface area contributed by atoms with Gasteiger partial charge in [-0.25, -0.2) is 9.97 Å². The van der Waals surface area contributed by atoms with Crippen molar-refractivity contribution >= 4 is 6.29 Å². The monoisotopic (exact) mass is 282 g/mol. The van der Waals surface area contributed by atoms with Gasteiger partial charge in [0.15, 0.2) is 5.75 Å². The second-order valence-corrected chi connectivity index (χ2v) is 5.62. The van der Waals surface area contributed by atoms with Gasteiger partial charge in [0, 0.05) is 11.3 Å². The first-order valence-corrected chi connectivity index (χ1v) is 7.09. The third-order valence-electron chi connectivity index (χ3n) is 4.19. The number of hydrogen-bond acceptors (Lipinski definition) is 4. The molecule has 0 bridgehead atoms. The predicted molar refractivity (Wildman–Crippen MR) is 79.3 cm³/mol. The summed E-state index contributed by atoms with van der Waals surface area (Å²) in [5.41, 5.74) is 1.79. The maximum absolute atomic E-state index is 11.2. The number of benzene rings is 1. The molecular weight excluding hydrogens is 264 g/mol. The highest BCUT2D eigenvalue weighted by Crippen LogP contribution is 2.53. The molecular formula is C17H18N2O2. The normalized spacial score (nSPS) is 23.6. The van der Waals surface area contributed by atoms with Gasteiger partial charge in [0.1, 0.15) is 12.1 Å². The van der Waals surface area contributed by atoms with E-state index in [-0.39, 0.29) is 11.3 Å². The van der Waals surface area contributed by atoms with E-state index in [4.69, 9.17) is 4.74 Å². The molecule has 0 radical (unpaired) electrons. The molecule has 1 saturated carbocycles. The zero-order chi connectivity index (χ0) is 14.9. The molecule has 0 unspecified atom stereocenters. The first kappa shape index (κ1) is 13.7. The van der Waals surface area contributed by atoms with Crippen LogP contribution < -0.4 is 4.74 Å². The van der Waals surface area contributed by atoms with Gasteiger partial charge in [0.05, 0.1) is 18.5 Å². The smallest absolute Gasteiger partial charge is 0.158 e. The fraction of sp³-hybridized carbons (Fsp3) is 0.353. The quantitative estimate of drug-likeness (QED) is 0.791. The summed E-state index contributed by atoms with van der Waals surface area (Å²) in [7, 11) is 0. The number of carbonyl (C=O) groups is 1. The summed E-state index contributed by atoms with van der Waals surface area (Å²) in [5.74, 6) is 1.45. The lowest BCUT2D eigenvalue weighted by Gasteiger charge is -2.18. The molecule has 4 nitrogen and oxygen atoms in total. The van der Waals surface area contributed by atoms with Gasteiger partial charge in [-0.15, -0.1) is 0 Å². The number of aromatic nitrogens is 2. The molecule has 21 heavy (non-hydrogen) atoms. The van der Waals surface area contributed by atoms with Crippen molar-refractivity contribution in [2.45, 2.75) is 25.7 Å². The summed E-state index contributed by atoms with van der Waals surface area (Å²) in [6, 6.07) is 10.1. The molecule has 1 aromatic carbocycles. The number of hydrogen-bond donors (Lipinski definition) is 0. The number of aldehydes is 1. The molecule has 0 spiro atoms. The van der Waals surface area contributed by atoms with Crippen LogP contribution in [0.25, 0.3) is 0 Å². The molecule has 1 aliphatic carbocycles. The summed E-state index contributed by atoms with van der Waals surface area (Å²) in [6.07, 6.45) is 3.58. The molecule has 2 aromatic rings. The van der Waals surface area contributed by atoms with E-state index in [1.165, 1.54) is 0 Å². The Morgan fingerprint density at radius 2 is 2.10 bits per heavy atom. The number of rotatable bonds is 5. The molecule has 1 aromatic heterocycles. The van der Waals surface area contributed by atoms with Crippen molar-refractivity contribution in [1.82, 2.24) is 9.97 Å². The Morgan fingerprint density at radius 3 is 2.71 bits per heavy atom. The third-order valence-corrected chi connectivity index (χ3v) is 4.19. The Kier molecular flexibility index (Phi) is 3.45. The van der Waals surface area contributed by atoms with Crippen LogP contribution in [-0.2, 0) is 10.2 Å². The number of aryl methyl sites for hydroxylation is 2. The lowest BCUT2D eigenvalue weighted by molar-refractivity contribution is -0.109. The predicted octanol–water partition coefficient (Wildman–Crippen LogP) is 2.63. The van der Waals surface area contributed by atoms with Crippen LogP contribution in [0, 0.1) is 19.8 Å². The molecule has 0 saturated heterocycles. The number of carbonyl (C=O) groups excluding carboxylic acids is 1. The number of ether oxygens (including phenoxy) is 1. The topological polar surface area (TPSA) is 52.1 Å². The molecule has 108 valence electrons. The molecule has 1 fully saturated rings. The van der Waals surface area contributed by atoms with Crippen LogP contribution in [0.2, 0.25) is 0 Å². The summed E-state index contributed by atoms with van der Waals surface area (Å²) in [4.78, 5) is 19.7. The Balaban J connectivity index is 1.80. The highest BCUT2D eigenvalue weighted by atomic mass is 16.5. The summed E-state index contributed by atoms with van der Waals surface area (Å²) < 4.78 is 5.92. The summed E-state index contributed by atoms with van der Waals surface area (Å²) in [5, 5.41) is 0. The van der Waals surface area contributed by atoms with Crippen LogP contribution in [0.15, 0.2) is 36.5 Å². The van der Waals surface area contributed by atoms with Gasteiger partial charge in [-0.2, -0.15) is 0 Å². The molecule has 3 rings (SSSR count). The van der Waals surface area contributed by atoms with Crippen LogP contribution in [0.5, 0.6) is 5.75 Å². The van der Waals surface area contributed by atoms with Gasteiger partial charge in [0.25, 0.3) is 0 Å². The lowest BCUT2D eigenvalue weighted by Crippen LogP contribution is -2.21. The van der Waals surface area contributed by atoms with Crippen molar-refractivity contribution in [3.8, 4) is 5.75 Å². The molecule has 1 heterocycles. The van der Waals surface area contributed by atoms with Crippen molar-refractivity contribution in [1.29, 1.82) is 0 Å². The van der Waals surface area contributed by atoms with E-state index in [0.717, 1.165) is 29.8 Å². The van der Waals surface area contributed by atoms with Crippen LogP contribution in [-0.4, -0.2) is 22.9 Å². The molecule has 4 heteroatoms. The van der Waals surface area contributed by atoms with Gasteiger partial charge in [-0.1, -0.05) is 30.3 Å². The summed E-state index contributed by atoms with van der Waals surface area (Å²) >= 11 is 0. The Hall–Kier alpha value is -2.23. The zero-order valence-corrected chi connectivity index (χ0v) is 12.2. The molecule has 1 aliphatic rings. The Morgan fingerprint density at radius 1 is 1.33 bits per heavy atom. The molecule has 0 N–H and O–H groups in total. The molecule has 0 amide bonds. The second-order valence-electron chi connectivity index (χ2n) is 5.62. The van der Waals surface area contributed by atoms with Crippen LogP contribution >= 0.6 is 0 Å². The van der Waals surface area contributed by atoms with E-state index in [2.05, 4.69) is 22.1 Å². The van der Waals surface area contributed by atoms with E-state index < -0.39 is 0 Å². The minimum absolute atomic E-state index is 0.0339. The Bertz CT molecular complexity index is 657. The first-order valence-electron chi connectivity index (χ1n) is 7.09. The third kappa shape index (κ3) is 2.53. The SMILES string of the molecule is Cc1ncc(OC[C@@]2(c3ccccc3)C[C@H]2C=O)c(C)n1. The van der Waals surface area contributed by atoms with E-state index in [1.54, 1.807) is 6.20 Å². The maximum atomic E-state index is 11.2. The van der Waals surface area contributed by atoms with E-state index in [1.807, 2.05) is 32.0 Å². The second kappa shape index (κ2) is 5.28. The van der Waals surface area contributed by atoms with Crippen molar-refractivity contribution < 1.29 is 9.53 Å². The van der Waals surface area contributed by atoms with Crippen molar-refractivity contribution in [2.75, 3.05) is 6.61 Å². The van der Waals surface area contributed by atoms with E-state index in [0.29, 0.717) is 12.4 Å². The standard InChI is InChI=1S/C17H18N2O2/c1-12-16(9-18-13(2)19-12)21-11-17(8-15(17)10-20)14-6-4-3-5-7-14/h3-7,9-10,15H,8,11H2,1-2H3/t15-,17+/m0/s1. The van der Waals surface area contributed by atoms with Gasteiger partial charge in [-0.05, 0) is 25.8 Å². The van der Waals surface area contributed by atoms with Gasteiger partial charge < -0.3 is 9.53 Å². The number of nitrogens with zero attached hydrogens (tertiary/aromatic N) is 2. The lowest BCUT2D eigenvalue weighted by atomic mass is 9.94. The largest absolute Gasteiger partial charge is 0.489 e. The highest BCUT2D eigenvalue weighted by Gasteiger charge is 2.56. The molecule has 0 aliphatic heterocycles. The fourth-order valence-electron chi connectivity index (χ4n) is 2.78.